The van der Waals surface area contributed by atoms with Gasteiger partial charge in [0.15, 0.2) is 5.78 Å². The van der Waals surface area contributed by atoms with Crippen molar-refractivity contribution in [1.82, 2.24) is 0 Å². The number of hydrogen-bond donors (Lipinski definition) is 2. The standard InChI is InChI=1S/C18H18N2O4/c1-24-16-9-7-13(18(19)23)11-14(16)20-17(22)10-8-15(21)12-5-3-2-4-6-12/h2-7,9,11H,8,10H2,1H3,(H2,19,23)(H,20,22). The van der Waals surface area contributed by atoms with Gasteiger partial charge in [-0.05, 0) is 18.2 Å². The number of methoxy groups -OCH3 is 1. The van der Waals surface area contributed by atoms with Gasteiger partial charge in [-0.2, -0.15) is 0 Å². The number of amides is 2. The van der Waals surface area contributed by atoms with Gasteiger partial charge >= 0.3 is 0 Å². The Morgan fingerprint density at radius 2 is 1.71 bits per heavy atom. The highest BCUT2D eigenvalue weighted by Crippen LogP contribution is 2.25. The molecule has 0 atom stereocenters. The molecule has 0 aliphatic heterocycles. The molecule has 2 aromatic rings. The summed E-state index contributed by atoms with van der Waals surface area (Å²) in [7, 11) is 1.45. The Balaban J connectivity index is 2.00. The van der Waals surface area contributed by atoms with Crippen molar-refractivity contribution in [3.8, 4) is 5.75 Å². The molecule has 2 rings (SSSR count). The fourth-order valence-corrected chi connectivity index (χ4v) is 2.17. The molecule has 0 radical (unpaired) electrons. The number of nitrogens with two attached hydrogens (primary N) is 1. The van der Waals surface area contributed by atoms with Crippen molar-refractivity contribution < 1.29 is 19.1 Å². The second kappa shape index (κ2) is 7.92. The first-order valence-electron chi connectivity index (χ1n) is 7.37. The maximum atomic E-state index is 12.1. The number of hydrogen-bond acceptors (Lipinski definition) is 4. The molecule has 0 spiro atoms. The number of carbonyl (C=O) groups is 3. The van der Waals surface area contributed by atoms with Crippen molar-refractivity contribution in [1.29, 1.82) is 0 Å². The van der Waals surface area contributed by atoms with Gasteiger partial charge in [0.1, 0.15) is 5.75 Å². The number of primary amides is 1. The average molecular weight is 326 g/mol. The summed E-state index contributed by atoms with van der Waals surface area (Å²) in [6.45, 7) is 0. The van der Waals surface area contributed by atoms with Gasteiger partial charge in [-0.15, -0.1) is 0 Å². The van der Waals surface area contributed by atoms with E-state index in [2.05, 4.69) is 5.32 Å². The van der Waals surface area contributed by atoms with Gasteiger partial charge in [0, 0.05) is 24.0 Å². The molecule has 0 saturated carbocycles. The largest absolute Gasteiger partial charge is 0.495 e. The minimum Gasteiger partial charge on any atom is -0.495 e. The highest BCUT2D eigenvalue weighted by Gasteiger charge is 2.13. The van der Waals surface area contributed by atoms with E-state index in [4.69, 9.17) is 10.5 Å². The quantitative estimate of drug-likeness (QED) is 0.763. The fourth-order valence-electron chi connectivity index (χ4n) is 2.17. The van der Waals surface area contributed by atoms with E-state index in [0.29, 0.717) is 17.0 Å². The minimum absolute atomic E-state index is 0.0255. The van der Waals surface area contributed by atoms with Crippen LogP contribution in [-0.2, 0) is 4.79 Å². The van der Waals surface area contributed by atoms with Gasteiger partial charge in [0.25, 0.3) is 0 Å². The van der Waals surface area contributed by atoms with Crippen molar-refractivity contribution >= 4 is 23.3 Å². The van der Waals surface area contributed by atoms with Crippen LogP contribution in [0.1, 0.15) is 33.6 Å². The summed E-state index contributed by atoms with van der Waals surface area (Å²) < 4.78 is 5.14. The zero-order chi connectivity index (χ0) is 17.5. The molecule has 0 fully saturated rings. The fraction of sp³-hybridized carbons (Fsp3) is 0.167. The molecule has 2 aromatic carbocycles. The lowest BCUT2D eigenvalue weighted by Crippen LogP contribution is -2.16. The number of Topliss-reactive ketones (excluding diaryl/α,β-unsaturated/α-hetero) is 1. The Hall–Kier alpha value is -3.15. The maximum absolute atomic E-state index is 12.1. The summed E-state index contributed by atoms with van der Waals surface area (Å²) in [5, 5.41) is 2.64. The normalized spacial score (nSPS) is 10.0. The first kappa shape index (κ1) is 17.2. The second-order valence-electron chi connectivity index (χ2n) is 5.12. The highest BCUT2D eigenvalue weighted by molar-refractivity contribution is 6.01. The number of rotatable bonds is 7. The van der Waals surface area contributed by atoms with E-state index in [1.807, 2.05) is 6.07 Å². The maximum Gasteiger partial charge on any atom is 0.248 e. The number of anilines is 1. The third-order valence-electron chi connectivity index (χ3n) is 3.43. The summed E-state index contributed by atoms with van der Waals surface area (Å²) in [6.07, 6.45) is 0.116. The number of benzene rings is 2. The van der Waals surface area contributed by atoms with Crippen LogP contribution in [0.5, 0.6) is 5.75 Å². The van der Waals surface area contributed by atoms with Crippen LogP contribution in [-0.4, -0.2) is 24.7 Å². The molecular weight excluding hydrogens is 308 g/mol. The number of ketones is 1. The van der Waals surface area contributed by atoms with Crippen molar-refractivity contribution in [2.45, 2.75) is 12.8 Å². The first-order valence-corrected chi connectivity index (χ1v) is 7.37. The van der Waals surface area contributed by atoms with Gasteiger partial charge in [0.05, 0.1) is 12.8 Å². The lowest BCUT2D eigenvalue weighted by atomic mass is 10.1. The Labute approximate surface area is 139 Å². The van der Waals surface area contributed by atoms with Gasteiger partial charge in [0.2, 0.25) is 11.8 Å². The smallest absolute Gasteiger partial charge is 0.248 e. The van der Waals surface area contributed by atoms with Gasteiger partial charge in [-0.25, -0.2) is 0 Å². The molecule has 0 aliphatic rings. The van der Waals surface area contributed by atoms with E-state index in [0.717, 1.165) is 0 Å². The van der Waals surface area contributed by atoms with E-state index in [1.165, 1.54) is 19.2 Å². The Kier molecular flexibility index (Phi) is 5.68. The lowest BCUT2D eigenvalue weighted by molar-refractivity contribution is -0.116. The molecule has 6 heteroatoms. The van der Waals surface area contributed by atoms with Crippen molar-refractivity contribution in [3.05, 3.63) is 59.7 Å². The molecule has 0 heterocycles. The first-order chi connectivity index (χ1) is 11.5. The van der Waals surface area contributed by atoms with Crippen LogP contribution in [0.25, 0.3) is 0 Å². The van der Waals surface area contributed by atoms with Gasteiger partial charge in [-0.3, -0.25) is 14.4 Å². The highest BCUT2D eigenvalue weighted by atomic mass is 16.5. The Bertz CT molecular complexity index is 757. The molecule has 3 N–H and O–H groups in total. The Morgan fingerprint density at radius 3 is 2.33 bits per heavy atom. The molecule has 0 bridgehead atoms. The molecule has 6 nitrogen and oxygen atoms in total. The number of nitrogens with one attached hydrogen (secondary N) is 1. The second-order valence-corrected chi connectivity index (χ2v) is 5.12. The summed E-state index contributed by atoms with van der Waals surface area (Å²) in [5.74, 6) is -0.655. The zero-order valence-corrected chi connectivity index (χ0v) is 13.2. The van der Waals surface area contributed by atoms with Crippen LogP contribution in [0.3, 0.4) is 0 Å². The van der Waals surface area contributed by atoms with Gasteiger partial charge < -0.3 is 15.8 Å². The van der Waals surface area contributed by atoms with Crippen LogP contribution >= 0.6 is 0 Å². The number of ether oxygens (including phenoxy) is 1. The molecule has 0 unspecified atom stereocenters. The van der Waals surface area contributed by atoms with Crippen LogP contribution in [0, 0.1) is 0 Å². The number of carbonyl (C=O) groups excluding carboxylic acids is 3. The predicted octanol–water partition coefficient (Wildman–Crippen LogP) is 2.40. The molecule has 0 aliphatic carbocycles. The monoisotopic (exact) mass is 326 g/mol. The summed E-state index contributed by atoms with van der Waals surface area (Å²) in [5.41, 5.74) is 6.39. The van der Waals surface area contributed by atoms with Crippen LogP contribution in [0.15, 0.2) is 48.5 Å². The SMILES string of the molecule is COc1ccc(C(N)=O)cc1NC(=O)CCC(=O)c1ccccc1. The van der Waals surface area contributed by atoms with Crippen LogP contribution < -0.4 is 15.8 Å². The van der Waals surface area contributed by atoms with Crippen molar-refractivity contribution in [3.63, 3.8) is 0 Å². The molecule has 24 heavy (non-hydrogen) atoms. The third kappa shape index (κ3) is 4.42. The van der Waals surface area contributed by atoms with Gasteiger partial charge in [-0.1, -0.05) is 30.3 Å². The molecule has 0 saturated heterocycles. The summed E-state index contributed by atoms with van der Waals surface area (Å²) in [4.78, 5) is 35.3. The van der Waals surface area contributed by atoms with E-state index in [9.17, 15) is 14.4 Å². The average Bonchev–Trinajstić information content (AvgIpc) is 2.60. The predicted molar refractivity (Wildman–Crippen MR) is 90.1 cm³/mol. The molecule has 0 aromatic heterocycles. The lowest BCUT2D eigenvalue weighted by Gasteiger charge is -2.11. The van der Waals surface area contributed by atoms with Crippen molar-refractivity contribution in [2.24, 2.45) is 5.73 Å². The van der Waals surface area contributed by atoms with Crippen molar-refractivity contribution in [2.75, 3.05) is 12.4 Å². The van der Waals surface area contributed by atoms with Crippen LogP contribution in [0.4, 0.5) is 5.69 Å². The molecular formula is C18H18N2O4. The molecule has 2 amide bonds. The molecule has 124 valence electrons. The topological polar surface area (TPSA) is 98.5 Å². The van der Waals surface area contributed by atoms with E-state index in [1.54, 1.807) is 30.3 Å². The summed E-state index contributed by atoms with van der Waals surface area (Å²) in [6, 6.07) is 13.3. The van der Waals surface area contributed by atoms with E-state index < -0.39 is 5.91 Å². The van der Waals surface area contributed by atoms with E-state index >= 15 is 0 Å². The summed E-state index contributed by atoms with van der Waals surface area (Å²) >= 11 is 0. The minimum atomic E-state index is -0.604. The Morgan fingerprint density at radius 1 is 1.00 bits per heavy atom. The zero-order valence-electron chi connectivity index (χ0n) is 13.2. The van der Waals surface area contributed by atoms with E-state index in [-0.39, 0.29) is 30.1 Å². The third-order valence-corrected chi connectivity index (χ3v) is 3.43. The van der Waals surface area contributed by atoms with Crippen LogP contribution in [0.2, 0.25) is 0 Å².